The van der Waals surface area contributed by atoms with Gasteiger partial charge in [-0.25, -0.2) is 0 Å². The van der Waals surface area contributed by atoms with Crippen molar-refractivity contribution in [3.63, 3.8) is 0 Å². The molecule has 0 saturated heterocycles. The lowest BCUT2D eigenvalue weighted by molar-refractivity contribution is -0.139. The molecule has 0 heterocycles. The number of rotatable bonds is 11. The molecule has 0 fully saturated rings. The van der Waals surface area contributed by atoms with Gasteiger partial charge in [-0.3, -0.25) is 9.59 Å². The van der Waals surface area contributed by atoms with Crippen molar-refractivity contribution in [2.45, 2.75) is 52.5 Å². The van der Waals surface area contributed by atoms with Crippen LogP contribution < -0.4 is 5.32 Å². The zero-order valence-electron chi connectivity index (χ0n) is 18.6. The number of nitrogens with zero attached hydrogens (tertiary/aromatic N) is 1. The maximum Gasteiger partial charge on any atom is 0.242 e. The second kappa shape index (κ2) is 12.4. The van der Waals surface area contributed by atoms with Gasteiger partial charge in [0.15, 0.2) is 0 Å². The second-order valence-electron chi connectivity index (χ2n) is 8.05. The van der Waals surface area contributed by atoms with E-state index in [1.807, 2.05) is 37.3 Å². The van der Waals surface area contributed by atoms with E-state index in [4.69, 9.17) is 0 Å². The molecular weight excluding hydrogens is 392 g/mol. The molecule has 1 N–H and O–H groups in total. The van der Waals surface area contributed by atoms with E-state index in [9.17, 15) is 9.59 Å². The Labute approximate surface area is 185 Å². The van der Waals surface area contributed by atoms with Crippen LogP contribution in [0.2, 0.25) is 0 Å². The van der Waals surface area contributed by atoms with Crippen molar-refractivity contribution in [1.29, 1.82) is 0 Å². The summed E-state index contributed by atoms with van der Waals surface area (Å²) in [6.07, 6.45) is 0.588. The van der Waals surface area contributed by atoms with Crippen LogP contribution in [0.1, 0.15) is 43.9 Å². The van der Waals surface area contributed by atoms with Crippen molar-refractivity contribution in [2.75, 3.05) is 12.3 Å². The van der Waals surface area contributed by atoms with Crippen molar-refractivity contribution >= 4 is 23.6 Å². The quantitative estimate of drug-likeness (QED) is 0.561. The van der Waals surface area contributed by atoms with E-state index < -0.39 is 6.04 Å². The van der Waals surface area contributed by atoms with Crippen LogP contribution in [-0.4, -0.2) is 35.1 Å². The molecule has 0 aliphatic heterocycles. The van der Waals surface area contributed by atoms with E-state index >= 15 is 0 Å². The van der Waals surface area contributed by atoms with E-state index in [-0.39, 0.29) is 11.8 Å². The minimum Gasteiger partial charge on any atom is -0.354 e. The van der Waals surface area contributed by atoms with Crippen LogP contribution in [0.3, 0.4) is 0 Å². The van der Waals surface area contributed by atoms with Gasteiger partial charge in [0, 0.05) is 18.8 Å². The molecule has 30 heavy (non-hydrogen) atoms. The van der Waals surface area contributed by atoms with Gasteiger partial charge in [-0.2, -0.15) is 0 Å². The lowest BCUT2D eigenvalue weighted by Crippen LogP contribution is -2.50. The SMILES string of the molecule is CCC(C(=O)NCC(C)C)N(Cc1ccccc1)C(=O)CSCc1ccc(C)cc1. The second-order valence-corrected chi connectivity index (χ2v) is 9.03. The molecule has 0 aliphatic carbocycles. The molecule has 5 heteroatoms. The van der Waals surface area contributed by atoms with Gasteiger partial charge >= 0.3 is 0 Å². The fourth-order valence-electron chi connectivity index (χ4n) is 3.15. The molecule has 0 bridgehead atoms. The van der Waals surface area contributed by atoms with Crippen molar-refractivity contribution in [2.24, 2.45) is 5.92 Å². The Balaban J connectivity index is 2.07. The molecule has 1 unspecified atom stereocenters. The summed E-state index contributed by atoms with van der Waals surface area (Å²) in [5, 5.41) is 3.00. The van der Waals surface area contributed by atoms with Crippen LogP contribution in [0, 0.1) is 12.8 Å². The Morgan fingerprint density at radius 1 is 1.00 bits per heavy atom. The fourth-order valence-corrected chi connectivity index (χ4v) is 4.02. The Bertz CT molecular complexity index is 791. The van der Waals surface area contributed by atoms with Gasteiger partial charge in [-0.15, -0.1) is 11.8 Å². The Kier molecular flexibility index (Phi) is 9.95. The highest BCUT2D eigenvalue weighted by Crippen LogP contribution is 2.17. The van der Waals surface area contributed by atoms with Crippen molar-refractivity contribution < 1.29 is 9.59 Å². The van der Waals surface area contributed by atoms with E-state index in [1.165, 1.54) is 11.1 Å². The third-order valence-electron chi connectivity index (χ3n) is 4.88. The van der Waals surface area contributed by atoms with Crippen molar-refractivity contribution in [3.8, 4) is 0 Å². The Morgan fingerprint density at radius 3 is 2.27 bits per heavy atom. The molecule has 2 aromatic carbocycles. The minimum atomic E-state index is -0.462. The molecule has 0 aromatic heterocycles. The molecule has 2 aromatic rings. The average molecular weight is 427 g/mol. The van der Waals surface area contributed by atoms with Crippen LogP contribution in [-0.2, 0) is 21.9 Å². The third-order valence-corrected chi connectivity index (χ3v) is 5.87. The molecule has 2 amide bonds. The molecular formula is C25H34N2O2S. The summed E-state index contributed by atoms with van der Waals surface area (Å²) in [5.74, 6) is 1.44. The summed E-state index contributed by atoms with van der Waals surface area (Å²) in [5.41, 5.74) is 3.46. The molecule has 0 aliphatic rings. The van der Waals surface area contributed by atoms with E-state index in [2.05, 4.69) is 50.4 Å². The van der Waals surface area contributed by atoms with Crippen LogP contribution >= 0.6 is 11.8 Å². The first kappa shape index (κ1) is 24.0. The zero-order chi connectivity index (χ0) is 21.9. The number of carbonyl (C=O) groups is 2. The van der Waals surface area contributed by atoms with Gasteiger partial charge < -0.3 is 10.2 Å². The van der Waals surface area contributed by atoms with Gasteiger partial charge in [0.2, 0.25) is 11.8 Å². The Morgan fingerprint density at radius 2 is 1.67 bits per heavy atom. The largest absolute Gasteiger partial charge is 0.354 e. The zero-order valence-corrected chi connectivity index (χ0v) is 19.4. The first-order valence-electron chi connectivity index (χ1n) is 10.6. The minimum absolute atomic E-state index is 0.00233. The number of thioether (sulfide) groups is 1. The number of carbonyl (C=O) groups excluding carboxylic acids is 2. The lowest BCUT2D eigenvalue weighted by atomic mass is 10.1. The first-order valence-corrected chi connectivity index (χ1v) is 11.8. The highest BCUT2D eigenvalue weighted by atomic mass is 32.2. The van der Waals surface area contributed by atoms with Crippen LogP contribution in [0.25, 0.3) is 0 Å². The normalized spacial score (nSPS) is 11.9. The van der Waals surface area contributed by atoms with Crippen molar-refractivity contribution in [1.82, 2.24) is 10.2 Å². The lowest BCUT2D eigenvalue weighted by Gasteiger charge is -2.31. The van der Waals surface area contributed by atoms with Crippen LogP contribution in [0.5, 0.6) is 0 Å². The number of nitrogens with one attached hydrogen (secondary N) is 1. The fraction of sp³-hybridized carbons (Fsp3) is 0.440. The first-order chi connectivity index (χ1) is 14.4. The van der Waals surface area contributed by atoms with Crippen LogP contribution in [0.4, 0.5) is 0 Å². The number of amides is 2. The summed E-state index contributed by atoms with van der Waals surface area (Å²) < 4.78 is 0. The molecule has 1 atom stereocenters. The van der Waals surface area contributed by atoms with E-state index in [0.29, 0.717) is 31.2 Å². The van der Waals surface area contributed by atoms with Gasteiger partial charge in [0.25, 0.3) is 0 Å². The molecule has 0 saturated carbocycles. The number of hydrogen-bond donors (Lipinski definition) is 1. The molecule has 4 nitrogen and oxygen atoms in total. The number of aryl methyl sites for hydroxylation is 1. The maximum absolute atomic E-state index is 13.2. The van der Waals surface area contributed by atoms with Gasteiger partial charge in [-0.05, 0) is 30.4 Å². The summed E-state index contributed by atoms with van der Waals surface area (Å²) >= 11 is 1.59. The maximum atomic E-state index is 13.2. The topological polar surface area (TPSA) is 49.4 Å². The molecule has 162 valence electrons. The number of benzene rings is 2. The molecule has 0 spiro atoms. The van der Waals surface area contributed by atoms with E-state index in [1.54, 1.807) is 16.7 Å². The smallest absolute Gasteiger partial charge is 0.242 e. The third kappa shape index (κ3) is 7.86. The summed E-state index contributed by atoms with van der Waals surface area (Å²) in [4.78, 5) is 27.7. The van der Waals surface area contributed by atoms with Gasteiger partial charge in [0.1, 0.15) is 6.04 Å². The summed E-state index contributed by atoms with van der Waals surface area (Å²) in [7, 11) is 0. The number of hydrogen-bond acceptors (Lipinski definition) is 3. The monoisotopic (exact) mass is 426 g/mol. The van der Waals surface area contributed by atoms with Crippen molar-refractivity contribution in [3.05, 3.63) is 71.3 Å². The summed E-state index contributed by atoms with van der Waals surface area (Å²) in [6, 6.07) is 17.8. The molecule has 2 rings (SSSR count). The standard InChI is InChI=1S/C25H34N2O2S/c1-5-23(25(29)26-15-19(2)3)27(16-21-9-7-6-8-10-21)24(28)18-30-17-22-13-11-20(4)12-14-22/h6-14,19,23H,5,15-18H2,1-4H3,(H,26,29). The van der Waals surface area contributed by atoms with Crippen LogP contribution in [0.15, 0.2) is 54.6 Å². The van der Waals surface area contributed by atoms with Gasteiger partial charge in [-0.1, -0.05) is 80.9 Å². The molecule has 0 radical (unpaired) electrons. The van der Waals surface area contributed by atoms with Gasteiger partial charge in [0.05, 0.1) is 5.75 Å². The van der Waals surface area contributed by atoms with E-state index in [0.717, 1.165) is 11.3 Å². The highest BCUT2D eigenvalue weighted by molar-refractivity contribution is 7.99. The predicted molar refractivity (Wildman–Crippen MR) is 126 cm³/mol. The summed E-state index contributed by atoms with van der Waals surface area (Å²) in [6.45, 7) is 9.22. The highest BCUT2D eigenvalue weighted by Gasteiger charge is 2.28. The average Bonchev–Trinajstić information content (AvgIpc) is 2.74. The Hall–Kier alpha value is -2.27. The predicted octanol–water partition coefficient (Wildman–Crippen LogP) is 4.81.